The van der Waals surface area contributed by atoms with Gasteiger partial charge in [-0.1, -0.05) is 30.3 Å². The second-order valence-electron chi connectivity index (χ2n) is 7.69. The molecule has 3 aromatic carbocycles. The second kappa shape index (κ2) is 8.43. The number of hydrogen-bond donors (Lipinski definition) is 1. The van der Waals surface area contributed by atoms with Gasteiger partial charge >= 0.3 is 0 Å². The van der Waals surface area contributed by atoms with Crippen molar-refractivity contribution < 1.29 is 14.3 Å². The topological polar surface area (TPSA) is 71.5 Å². The predicted octanol–water partition coefficient (Wildman–Crippen LogP) is 5.39. The van der Waals surface area contributed by atoms with Crippen LogP contribution in [0.25, 0.3) is 10.2 Å². The third-order valence-corrected chi connectivity index (χ3v) is 6.35. The summed E-state index contributed by atoms with van der Waals surface area (Å²) in [5, 5.41) is 3.93. The molecule has 1 aromatic heterocycles. The molecule has 1 aliphatic heterocycles. The molecule has 1 saturated heterocycles. The van der Waals surface area contributed by atoms with Crippen molar-refractivity contribution in [3.63, 3.8) is 0 Å². The van der Waals surface area contributed by atoms with E-state index in [0.717, 1.165) is 20.9 Å². The highest BCUT2D eigenvalue weighted by atomic mass is 32.1. The minimum Gasteiger partial charge on any atom is -0.455 e. The maximum Gasteiger partial charge on any atom is 0.229 e. The molecule has 6 nitrogen and oxygen atoms in total. The Balaban J connectivity index is 1.31. The number of para-hydroxylation sites is 3. The van der Waals surface area contributed by atoms with Gasteiger partial charge in [-0.05, 0) is 49.4 Å². The van der Waals surface area contributed by atoms with Crippen LogP contribution in [0.15, 0.2) is 72.8 Å². The highest BCUT2D eigenvalue weighted by molar-refractivity contribution is 7.18. The summed E-state index contributed by atoms with van der Waals surface area (Å²) in [6.07, 6.45) is 0.168. The fourth-order valence-electron chi connectivity index (χ4n) is 3.84. The van der Waals surface area contributed by atoms with Crippen LogP contribution in [0.1, 0.15) is 11.4 Å². The minimum atomic E-state index is -0.444. The summed E-state index contributed by atoms with van der Waals surface area (Å²) in [7, 11) is 0. The van der Waals surface area contributed by atoms with Crippen LogP contribution in [-0.4, -0.2) is 23.3 Å². The van der Waals surface area contributed by atoms with E-state index in [1.807, 2.05) is 67.6 Å². The Morgan fingerprint density at radius 1 is 1.09 bits per heavy atom. The molecule has 1 fully saturated rings. The Hall–Kier alpha value is -3.71. The van der Waals surface area contributed by atoms with Crippen LogP contribution in [0.3, 0.4) is 0 Å². The Labute approximate surface area is 189 Å². The van der Waals surface area contributed by atoms with Crippen LogP contribution in [0.5, 0.6) is 11.5 Å². The molecule has 2 amide bonds. The third kappa shape index (κ3) is 4.07. The second-order valence-corrected chi connectivity index (χ2v) is 8.93. The molecule has 0 radical (unpaired) electrons. The molecule has 5 rings (SSSR count). The average Bonchev–Trinajstić information content (AvgIpc) is 3.37. The van der Waals surface area contributed by atoms with Gasteiger partial charge in [0.15, 0.2) is 5.75 Å². The van der Waals surface area contributed by atoms with Crippen LogP contribution in [0.2, 0.25) is 0 Å². The molecule has 1 aliphatic rings. The van der Waals surface area contributed by atoms with Gasteiger partial charge in [-0.25, -0.2) is 4.98 Å². The number of carbonyl (C=O) groups excluding carboxylic acids is 2. The summed E-state index contributed by atoms with van der Waals surface area (Å²) in [4.78, 5) is 31.9. The van der Waals surface area contributed by atoms with E-state index < -0.39 is 5.92 Å². The van der Waals surface area contributed by atoms with Crippen LogP contribution in [0, 0.1) is 12.8 Å². The molecular weight excluding hydrogens is 422 g/mol. The van der Waals surface area contributed by atoms with E-state index in [1.54, 1.807) is 28.4 Å². The number of hydrogen-bond acceptors (Lipinski definition) is 5. The van der Waals surface area contributed by atoms with Crippen molar-refractivity contribution in [1.29, 1.82) is 0 Å². The van der Waals surface area contributed by atoms with Crippen molar-refractivity contribution in [3.8, 4) is 11.5 Å². The first-order valence-corrected chi connectivity index (χ1v) is 11.2. The smallest absolute Gasteiger partial charge is 0.229 e. The van der Waals surface area contributed by atoms with E-state index in [2.05, 4.69) is 10.3 Å². The lowest BCUT2D eigenvalue weighted by atomic mass is 10.1. The third-order valence-electron chi connectivity index (χ3n) is 5.40. The Morgan fingerprint density at radius 2 is 1.88 bits per heavy atom. The van der Waals surface area contributed by atoms with E-state index in [9.17, 15) is 9.59 Å². The van der Waals surface area contributed by atoms with Gasteiger partial charge in [0.2, 0.25) is 11.8 Å². The van der Waals surface area contributed by atoms with Gasteiger partial charge in [0, 0.05) is 18.7 Å². The van der Waals surface area contributed by atoms with E-state index in [1.165, 1.54) is 0 Å². The minimum absolute atomic E-state index is 0.0646. The number of thiazole rings is 1. The molecule has 0 bridgehead atoms. The number of anilines is 2. The van der Waals surface area contributed by atoms with Gasteiger partial charge in [0.25, 0.3) is 0 Å². The van der Waals surface area contributed by atoms with Crippen molar-refractivity contribution in [2.75, 3.05) is 16.8 Å². The maximum absolute atomic E-state index is 13.0. The first-order chi connectivity index (χ1) is 15.6. The van der Waals surface area contributed by atoms with E-state index in [4.69, 9.17) is 4.74 Å². The van der Waals surface area contributed by atoms with Crippen LogP contribution < -0.4 is 15.0 Å². The monoisotopic (exact) mass is 443 g/mol. The fraction of sp³-hybridized carbons (Fsp3) is 0.160. The first kappa shape index (κ1) is 20.2. The quantitative estimate of drug-likeness (QED) is 0.449. The SMILES string of the molecule is Cc1nc2cc(N3CC(C(=O)Nc4ccccc4Oc4ccccc4)CC3=O)ccc2s1. The number of carbonyl (C=O) groups is 2. The van der Waals surface area contributed by atoms with Crippen LogP contribution >= 0.6 is 11.3 Å². The summed E-state index contributed by atoms with van der Waals surface area (Å²) in [6.45, 7) is 2.30. The molecule has 0 saturated carbocycles. The summed E-state index contributed by atoms with van der Waals surface area (Å²) in [6, 6.07) is 22.5. The van der Waals surface area contributed by atoms with Crippen molar-refractivity contribution in [3.05, 3.63) is 77.8 Å². The Morgan fingerprint density at radius 3 is 2.72 bits per heavy atom. The molecule has 160 valence electrons. The van der Waals surface area contributed by atoms with Gasteiger partial charge in [0.05, 0.1) is 26.8 Å². The van der Waals surface area contributed by atoms with Crippen molar-refractivity contribution in [2.45, 2.75) is 13.3 Å². The molecule has 1 unspecified atom stereocenters. The van der Waals surface area contributed by atoms with Gasteiger partial charge < -0.3 is 15.0 Å². The summed E-state index contributed by atoms with van der Waals surface area (Å²) >= 11 is 1.62. The number of nitrogens with zero attached hydrogens (tertiary/aromatic N) is 2. The zero-order chi connectivity index (χ0) is 22.1. The summed E-state index contributed by atoms with van der Waals surface area (Å²) in [5.41, 5.74) is 2.22. The number of ether oxygens (including phenoxy) is 1. The number of aromatic nitrogens is 1. The molecular formula is C25H21N3O3S. The lowest BCUT2D eigenvalue weighted by Crippen LogP contribution is -2.28. The normalized spacial score (nSPS) is 15.8. The summed E-state index contributed by atoms with van der Waals surface area (Å²) in [5.74, 6) is 0.530. The molecule has 1 N–H and O–H groups in total. The molecule has 2 heterocycles. The van der Waals surface area contributed by atoms with E-state index in [0.29, 0.717) is 23.7 Å². The zero-order valence-electron chi connectivity index (χ0n) is 17.4. The average molecular weight is 444 g/mol. The van der Waals surface area contributed by atoms with Gasteiger partial charge in [0.1, 0.15) is 5.75 Å². The van der Waals surface area contributed by atoms with Crippen molar-refractivity contribution >= 4 is 44.7 Å². The molecule has 0 aliphatic carbocycles. The Bertz CT molecular complexity index is 1300. The number of rotatable bonds is 5. The standard InChI is InChI=1S/C25H21N3O3S/c1-16-26-21-14-18(11-12-23(21)32-16)28-15-17(13-24(28)29)25(30)27-20-9-5-6-10-22(20)31-19-7-3-2-4-8-19/h2-12,14,17H,13,15H2,1H3,(H,27,30). The number of benzene rings is 3. The van der Waals surface area contributed by atoms with Gasteiger partial charge in [-0.2, -0.15) is 0 Å². The molecule has 0 spiro atoms. The molecule has 32 heavy (non-hydrogen) atoms. The maximum atomic E-state index is 13.0. The summed E-state index contributed by atoms with van der Waals surface area (Å²) < 4.78 is 7.01. The van der Waals surface area contributed by atoms with Crippen LogP contribution in [-0.2, 0) is 9.59 Å². The van der Waals surface area contributed by atoms with Gasteiger partial charge in [-0.3, -0.25) is 9.59 Å². The first-order valence-electron chi connectivity index (χ1n) is 10.4. The fourth-order valence-corrected chi connectivity index (χ4v) is 4.65. The Kier molecular flexibility index (Phi) is 5.33. The van der Waals surface area contributed by atoms with Crippen molar-refractivity contribution in [1.82, 2.24) is 4.98 Å². The zero-order valence-corrected chi connectivity index (χ0v) is 18.3. The molecule has 4 aromatic rings. The number of amides is 2. The highest BCUT2D eigenvalue weighted by Gasteiger charge is 2.35. The van der Waals surface area contributed by atoms with Crippen LogP contribution in [0.4, 0.5) is 11.4 Å². The van der Waals surface area contributed by atoms with E-state index >= 15 is 0 Å². The number of aryl methyl sites for hydroxylation is 1. The molecule has 7 heteroatoms. The lowest BCUT2D eigenvalue weighted by Gasteiger charge is -2.17. The van der Waals surface area contributed by atoms with E-state index in [-0.39, 0.29) is 18.2 Å². The highest BCUT2D eigenvalue weighted by Crippen LogP contribution is 2.32. The lowest BCUT2D eigenvalue weighted by molar-refractivity contribution is -0.122. The number of fused-ring (bicyclic) bond motifs is 1. The van der Waals surface area contributed by atoms with Crippen molar-refractivity contribution in [2.24, 2.45) is 5.92 Å². The predicted molar refractivity (Wildman–Crippen MR) is 126 cm³/mol. The molecule has 1 atom stereocenters. The van der Waals surface area contributed by atoms with Gasteiger partial charge in [-0.15, -0.1) is 11.3 Å². The largest absolute Gasteiger partial charge is 0.455 e. The number of nitrogens with one attached hydrogen (secondary N) is 1.